The SMILES string of the molecule is O=C(NC1CN2CC1C2)c1ccc(Cl)cc1. The Kier molecular flexibility index (Phi) is 2.37. The maximum atomic E-state index is 11.9. The van der Waals surface area contributed by atoms with E-state index < -0.39 is 0 Å². The van der Waals surface area contributed by atoms with Crippen LogP contribution < -0.4 is 5.32 Å². The molecule has 3 saturated heterocycles. The third-order valence-corrected chi connectivity index (χ3v) is 3.68. The van der Waals surface area contributed by atoms with Crippen LogP contribution in [0.15, 0.2) is 24.3 Å². The summed E-state index contributed by atoms with van der Waals surface area (Å²) in [5.74, 6) is 0.673. The van der Waals surface area contributed by atoms with Crippen molar-refractivity contribution in [3.8, 4) is 0 Å². The van der Waals surface area contributed by atoms with Crippen molar-refractivity contribution in [1.29, 1.82) is 0 Å². The van der Waals surface area contributed by atoms with E-state index in [4.69, 9.17) is 11.6 Å². The van der Waals surface area contributed by atoms with E-state index in [-0.39, 0.29) is 5.91 Å². The summed E-state index contributed by atoms with van der Waals surface area (Å²) in [7, 11) is 0. The number of carbonyl (C=O) groups excluding carboxylic acids is 1. The lowest BCUT2D eigenvalue weighted by molar-refractivity contribution is 0.0932. The summed E-state index contributed by atoms with van der Waals surface area (Å²) in [4.78, 5) is 14.3. The lowest BCUT2D eigenvalue weighted by Gasteiger charge is -2.27. The molecular weight excluding hydrogens is 224 g/mol. The number of amides is 1. The number of fused-ring (bicyclic) bond motifs is 1. The standard InChI is InChI=1S/C12H13ClN2O/c13-10-3-1-8(2-4-10)12(16)14-11-7-15-5-9(11)6-15/h1-4,9,11H,5-7H2,(H,14,16). The minimum atomic E-state index is 0.00965. The molecule has 3 heterocycles. The molecule has 4 rings (SSSR count). The first-order valence-corrected chi connectivity index (χ1v) is 5.89. The van der Waals surface area contributed by atoms with Gasteiger partial charge < -0.3 is 10.2 Å². The number of hydrogen-bond donors (Lipinski definition) is 1. The van der Waals surface area contributed by atoms with Gasteiger partial charge in [-0.3, -0.25) is 4.79 Å². The lowest BCUT2D eigenvalue weighted by atomic mass is 10.0. The smallest absolute Gasteiger partial charge is 0.251 e. The van der Waals surface area contributed by atoms with E-state index >= 15 is 0 Å². The third kappa shape index (κ3) is 1.70. The van der Waals surface area contributed by atoms with Crippen molar-refractivity contribution in [3.63, 3.8) is 0 Å². The van der Waals surface area contributed by atoms with Gasteiger partial charge in [0.1, 0.15) is 0 Å². The highest BCUT2D eigenvalue weighted by atomic mass is 35.5. The van der Waals surface area contributed by atoms with E-state index in [1.54, 1.807) is 24.3 Å². The Labute approximate surface area is 99.4 Å². The van der Waals surface area contributed by atoms with Crippen molar-refractivity contribution in [2.75, 3.05) is 19.6 Å². The second-order valence-corrected chi connectivity index (χ2v) is 5.00. The summed E-state index contributed by atoms with van der Waals surface area (Å²) in [5.41, 5.74) is 0.684. The molecule has 0 radical (unpaired) electrons. The van der Waals surface area contributed by atoms with Gasteiger partial charge in [-0.2, -0.15) is 0 Å². The van der Waals surface area contributed by atoms with Gasteiger partial charge >= 0.3 is 0 Å². The molecule has 0 aromatic heterocycles. The quantitative estimate of drug-likeness (QED) is 0.842. The second-order valence-electron chi connectivity index (χ2n) is 4.57. The lowest BCUT2D eigenvalue weighted by Crippen LogP contribution is -2.42. The number of benzene rings is 1. The van der Waals surface area contributed by atoms with Crippen molar-refractivity contribution < 1.29 is 4.79 Å². The van der Waals surface area contributed by atoms with Crippen LogP contribution >= 0.6 is 11.6 Å². The summed E-state index contributed by atoms with van der Waals surface area (Å²) in [6.07, 6.45) is 0. The first kappa shape index (κ1) is 10.1. The zero-order valence-electron chi connectivity index (χ0n) is 8.82. The summed E-state index contributed by atoms with van der Waals surface area (Å²) in [6, 6.07) is 7.35. The zero-order valence-corrected chi connectivity index (χ0v) is 9.57. The monoisotopic (exact) mass is 236 g/mol. The van der Waals surface area contributed by atoms with E-state index in [1.807, 2.05) is 0 Å². The summed E-state index contributed by atoms with van der Waals surface area (Å²) >= 11 is 5.78. The summed E-state index contributed by atoms with van der Waals surface area (Å²) in [5, 5.41) is 3.74. The second kappa shape index (κ2) is 3.75. The van der Waals surface area contributed by atoms with Crippen molar-refractivity contribution in [1.82, 2.24) is 10.2 Å². The highest BCUT2D eigenvalue weighted by Gasteiger charge is 2.43. The molecule has 1 amide bonds. The van der Waals surface area contributed by atoms with Gasteiger partial charge in [-0.05, 0) is 24.3 Å². The first-order chi connectivity index (χ1) is 7.72. The summed E-state index contributed by atoms with van der Waals surface area (Å²) < 4.78 is 0. The molecule has 1 aromatic carbocycles. The van der Waals surface area contributed by atoms with E-state index in [9.17, 15) is 4.79 Å². The molecule has 4 heteroatoms. The van der Waals surface area contributed by atoms with E-state index in [0.29, 0.717) is 22.5 Å². The number of hydrogen-bond acceptors (Lipinski definition) is 2. The van der Waals surface area contributed by atoms with Gasteiger partial charge in [-0.25, -0.2) is 0 Å². The topological polar surface area (TPSA) is 32.3 Å². The number of nitrogens with zero attached hydrogens (tertiary/aromatic N) is 1. The molecule has 2 bridgehead atoms. The molecule has 1 unspecified atom stereocenters. The van der Waals surface area contributed by atoms with E-state index in [2.05, 4.69) is 10.2 Å². The van der Waals surface area contributed by atoms with Gasteiger partial charge in [-0.15, -0.1) is 0 Å². The number of rotatable bonds is 2. The van der Waals surface area contributed by atoms with E-state index in [0.717, 1.165) is 19.6 Å². The number of carbonyl (C=O) groups is 1. The number of halogens is 1. The largest absolute Gasteiger partial charge is 0.348 e. The Bertz CT molecular complexity index is 412. The van der Waals surface area contributed by atoms with Crippen molar-refractivity contribution in [2.45, 2.75) is 6.04 Å². The molecule has 0 spiro atoms. The average Bonchev–Trinajstić information content (AvgIpc) is 2.76. The maximum Gasteiger partial charge on any atom is 0.251 e. The molecule has 16 heavy (non-hydrogen) atoms. The Morgan fingerprint density at radius 2 is 1.94 bits per heavy atom. The predicted molar refractivity (Wildman–Crippen MR) is 62.6 cm³/mol. The van der Waals surface area contributed by atoms with Gasteiger partial charge in [-0.1, -0.05) is 11.6 Å². The van der Waals surface area contributed by atoms with Crippen LogP contribution in [0.5, 0.6) is 0 Å². The molecule has 3 aliphatic heterocycles. The van der Waals surface area contributed by atoms with Crippen LogP contribution in [0.4, 0.5) is 0 Å². The average molecular weight is 237 g/mol. The van der Waals surface area contributed by atoms with Crippen molar-refractivity contribution in [2.24, 2.45) is 5.92 Å². The fourth-order valence-electron chi connectivity index (χ4n) is 2.46. The molecular formula is C12H13ClN2O. The molecule has 3 fully saturated rings. The van der Waals surface area contributed by atoms with Crippen LogP contribution in [-0.4, -0.2) is 36.5 Å². The van der Waals surface area contributed by atoms with Gasteiger partial charge in [0.2, 0.25) is 0 Å². The highest BCUT2D eigenvalue weighted by molar-refractivity contribution is 6.30. The minimum Gasteiger partial charge on any atom is -0.348 e. The summed E-state index contributed by atoms with van der Waals surface area (Å²) in [6.45, 7) is 3.29. The molecule has 0 aliphatic carbocycles. The minimum absolute atomic E-state index is 0.00965. The zero-order chi connectivity index (χ0) is 11.1. The fourth-order valence-corrected chi connectivity index (χ4v) is 2.58. The molecule has 84 valence electrons. The normalized spacial score (nSPS) is 30.9. The molecule has 1 aromatic rings. The third-order valence-electron chi connectivity index (χ3n) is 3.43. The molecule has 3 aliphatic rings. The Morgan fingerprint density at radius 1 is 1.25 bits per heavy atom. The van der Waals surface area contributed by atoms with Gasteiger partial charge in [0.25, 0.3) is 5.91 Å². The fraction of sp³-hybridized carbons (Fsp3) is 0.417. The van der Waals surface area contributed by atoms with Crippen LogP contribution in [0, 0.1) is 5.92 Å². The van der Waals surface area contributed by atoms with Crippen molar-refractivity contribution in [3.05, 3.63) is 34.9 Å². The molecule has 3 nitrogen and oxygen atoms in total. The van der Waals surface area contributed by atoms with Crippen LogP contribution in [-0.2, 0) is 0 Å². The van der Waals surface area contributed by atoms with Crippen molar-refractivity contribution >= 4 is 17.5 Å². The predicted octanol–water partition coefficient (Wildman–Crippen LogP) is 1.38. The van der Waals surface area contributed by atoms with Gasteiger partial charge in [0.05, 0.1) is 0 Å². The van der Waals surface area contributed by atoms with Crippen LogP contribution in [0.2, 0.25) is 5.02 Å². The maximum absolute atomic E-state index is 11.9. The molecule has 1 N–H and O–H groups in total. The molecule has 0 saturated carbocycles. The number of nitrogens with one attached hydrogen (secondary N) is 1. The van der Waals surface area contributed by atoms with Gasteiger partial charge in [0, 0.05) is 42.2 Å². The Balaban J connectivity index is 1.66. The Morgan fingerprint density at radius 3 is 2.50 bits per heavy atom. The molecule has 1 atom stereocenters. The highest BCUT2D eigenvalue weighted by Crippen LogP contribution is 2.28. The van der Waals surface area contributed by atoms with E-state index in [1.165, 1.54) is 0 Å². The van der Waals surface area contributed by atoms with Crippen LogP contribution in [0.1, 0.15) is 10.4 Å². The first-order valence-electron chi connectivity index (χ1n) is 5.51. The van der Waals surface area contributed by atoms with Gasteiger partial charge in [0.15, 0.2) is 0 Å². The van der Waals surface area contributed by atoms with Crippen LogP contribution in [0.25, 0.3) is 0 Å². The Hall–Kier alpha value is -1.06. The van der Waals surface area contributed by atoms with Crippen LogP contribution in [0.3, 0.4) is 0 Å².